The van der Waals surface area contributed by atoms with E-state index in [1.807, 2.05) is 0 Å². The van der Waals surface area contributed by atoms with E-state index in [0.29, 0.717) is 70.8 Å². The SMILES string of the molecule is COc1ncnc(OC)c1-n1c(CS(=O)(=O)[C@@H](C)[C@H](C)c2ncc(Cl)cn2)nnc1[C@@H]1CCCO1.COc1ncnc(OC)c1-n1c(CS(=O)(=O)[C@@H](C)[C@H](C)c2ncc(Cl)cn2)nnc1[C@H]1CCCO1. The third kappa shape index (κ3) is 11.2. The molecule has 8 rings (SSSR count). The molecule has 2 aliphatic heterocycles. The number of hydrogen-bond donors (Lipinski definition) is 0. The summed E-state index contributed by atoms with van der Waals surface area (Å²) in [5.41, 5.74) is 0.611. The molecule has 2 saturated heterocycles. The average Bonchev–Trinajstić information content (AvgIpc) is 4.22. The summed E-state index contributed by atoms with van der Waals surface area (Å²) < 4.78 is 90.6. The van der Waals surface area contributed by atoms with E-state index in [-0.39, 0.29) is 47.4 Å². The number of halogens is 2. The molecule has 6 aromatic heterocycles. The first kappa shape index (κ1) is 52.0. The van der Waals surface area contributed by atoms with Gasteiger partial charge < -0.3 is 28.4 Å². The topological polar surface area (TPSA) is 288 Å². The highest BCUT2D eigenvalue weighted by molar-refractivity contribution is 7.91. The summed E-state index contributed by atoms with van der Waals surface area (Å²) in [6.07, 6.45) is 10.7. The molecule has 0 aromatic carbocycles. The minimum atomic E-state index is -3.75. The van der Waals surface area contributed by atoms with Gasteiger partial charge in [0.2, 0.25) is 23.5 Å². The van der Waals surface area contributed by atoms with Crippen LogP contribution in [0.15, 0.2) is 37.4 Å². The van der Waals surface area contributed by atoms with Gasteiger partial charge in [-0.15, -0.1) is 20.4 Å². The Morgan fingerprint density at radius 3 is 1.17 bits per heavy atom. The van der Waals surface area contributed by atoms with Crippen LogP contribution in [0.5, 0.6) is 23.5 Å². The molecular weight excluding hydrogens is 996 g/mol. The molecule has 24 nitrogen and oxygen atoms in total. The second-order valence-corrected chi connectivity index (χ2v) is 21.8. The van der Waals surface area contributed by atoms with E-state index in [1.54, 1.807) is 36.8 Å². The molecule has 0 N–H and O–H groups in total. The Bertz CT molecular complexity index is 2710. The molecule has 0 aliphatic carbocycles. The second kappa shape index (κ2) is 22.5. The highest BCUT2D eigenvalue weighted by Gasteiger charge is 2.37. The predicted octanol–water partition coefficient (Wildman–Crippen LogP) is 4.95. The summed E-state index contributed by atoms with van der Waals surface area (Å²) in [5, 5.41) is 16.2. The average molecular weight is 1050 g/mol. The van der Waals surface area contributed by atoms with Gasteiger partial charge in [0.1, 0.15) is 48.0 Å². The lowest BCUT2D eigenvalue weighted by Crippen LogP contribution is -2.27. The van der Waals surface area contributed by atoms with Crippen molar-refractivity contribution in [2.45, 2.75) is 99.4 Å². The normalized spacial score (nSPS) is 17.8. The standard InChI is InChI=1S/2C21H26ClN7O5S/c2*1-12(18-23-8-14(22)9-24-18)13(2)35(30,31)10-16-27-28-19(15-6-5-7-34-15)29(16)17-20(32-3)25-11-26-21(17)33-4/h2*8-9,11-13,15H,5-7,10H2,1-4H3/t12-,13-,15+;12-,13-,15-/m00/s1. The van der Waals surface area contributed by atoms with Gasteiger partial charge in [0.05, 0.1) is 49.0 Å². The van der Waals surface area contributed by atoms with Crippen molar-refractivity contribution in [2.75, 3.05) is 41.7 Å². The zero-order valence-electron chi connectivity index (χ0n) is 39.5. The van der Waals surface area contributed by atoms with Crippen molar-refractivity contribution in [3.63, 3.8) is 0 Å². The van der Waals surface area contributed by atoms with Crippen molar-refractivity contribution in [2.24, 2.45) is 0 Å². The van der Waals surface area contributed by atoms with Gasteiger partial charge in [0.15, 0.2) is 54.3 Å². The van der Waals surface area contributed by atoms with E-state index in [2.05, 4.69) is 60.3 Å². The van der Waals surface area contributed by atoms with Crippen LogP contribution in [0.4, 0.5) is 0 Å². The monoisotopic (exact) mass is 1050 g/mol. The summed E-state index contributed by atoms with van der Waals surface area (Å²) in [5.74, 6) is 0.897. The first-order chi connectivity index (χ1) is 33.5. The Kier molecular flexibility index (Phi) is 16.7. The molecule has 0 bridgehead atoms. The van der Waals surface area contributed by atoms with Gasteiger partial charge in [-0.25, -0.2) is 36.8 Å². The van der Waals surface area contributed by atoms with Gasteiger partial charge in [0, 0.05) is 49.8 Å². The Balaban J connectivity index is 0.000000206. The van der Waals surface area contributed by atoms with E-state index in [1.165, 1.54) is 65.9 Å². The maximum atomic E-state index is 13.5. The van der Waals surface area contributed by atoms with Crippen molar-refractivity contribution in [3.05, 3.63) is 82.4 Å². The first-order valence-electron chi connectivity index (χ1n) is 21.9. The maximum absolute atomic E-state index is 13.5. The molecule has 6 aromatic rings. The summed E-state index contributed by atoms with van der Waals surface area (Å²) >= 11 is 11.7. The molecule has 70 heavy (non-hydrogen) atoms. The molecule has 28 heteroatoms. The van der Waals surface area contributed by atoms with Crippen LogP contribution in [0.1, 0.15) is 112 Å². The zero-order valence-corrected chi connectivity index (χ0v) is 42.6. The van der Waals surface area contributed by atoms with Crippen molar-refractivity contribution in [1.29, 1.82) is 0 Å². The Morgan fingerprint density at radius 2 is 0.886 bits per heavy atom. The van der Waals surface area contributed by atoms with Crippen LogP contribution in [0.2, 0.25) is 10.0 Å². The number of aromatic nitrogens is 14. The van der Waals surface area contributed by atoms with E-state index in [9.17, 15) is 16.8 Å². The van der Waals surface area contributed by atoms with Crippen molar-refractivity contribution in [3.8, 4) is 34.9 Å². The summed E-state index contributed by atoms with van der Waals surface area (Å²) in [6.45, 7) is 7.88. The van der Waals surface area contributed by atoms with Gasteiger partial charge in [-0.3, -0.25) is 9.13 Å². The van der Waals surface area contributed by atoms with Gasteiger partial charge in [-0.2, -0.15) is 19.9 Å². The minimum Gasteiger partial charge on any atom is -0.479 e. The molecule has 2 fully saturated rings. The largest absolute Gasteiger partial charge is 0.479 e. The van der Waals surface area contributed by atoms with Gasteiger partial charge in [-0.05, 0) is 39.5 Å². The van der Waals surface area contributed by atoms with E-state index < -0.39 is 53.5 Å². The molecule has 0 amide bonds. The lowest BCUT2D eigenvalue weighted by atomic mass is 10.1. The Morgan fingerprint density at radius 1 is 0.557 bits per heavy atom. The fourth-order valence-electron chi connectivity index (χ4n) is 7.77. The number of ether oxygens (including phenoxy) is 6. The fourth-order valence-corrected chi connectivity index (χ4v) is 11.1. The quantitative estimate of drug-likeness (QED) is 0.110. The molecule has 0 saturated carbocycles. The molecule has 2 aliphatic rings. The van der Waals surface area contributed by atoms with Crippen LogP contribution in [0.25, 0.3) is 11.4 Å². The third-order valence-corrected chi connectivity index (χ3v) is 16.8. The third-order valence-electron chi connectivity index (χ3n) is 12.0. The van der Waals surface area contributed by atoms with Crippen LogP contribution in [0.3, 0.4) is 0 Å². The van der Waals surface area contributed by atoms with Gasteiger partial charge >= 0.3 is 0 Å². The van der Waals surface area contributed by atoms with E-state index in [0.717, 1.165) is 12.8 Å². The van der Waals surface area contributed by atoms with Crippen molar-refractivity contribution >= 4 is 42.9 Å². The molecule has 0 radical (unpaired) electrons. The lowest BCUT2D eigenvalue weighted by molar-refractivity contribution is 0.103. The predicted molar refractivity (Wildman–Crippen MR) is 251 cm³/mol. The maximum Gasteiger partial charge on any atom is 0.245 e. The summed E-state index contributed by atoms with van der Waals surface area (Å²) in [6, 6.07) is 0. The van der Waals surface area contributed by atoms with Gasteiger partial charge in [0.25, 0.3) is 0 Å². The molecular formula is C42H52Cl2N14O10S2. The van der Waals surface area contributed by atoms with Crippen LogP contribution < -0.4 is 18.9 Å². The zero-order chi connectivity index (χ0) is 50.3. The first-order valence-corrected chi connectivity index (χ1v) is 26.1. The smallest absolute Gasteiger partial charge is 0.245 e. The highest BCUT2D eigenvalue weighted by atomic mass is 35.5. The van der Waals surface area contributed by atoms with Crippen LogP contribution in [-0.4, -0.2) is 138 Å². The van der Waals surface area contributed by atoms with Crippen LogP contribution >= 0.6 is 23.2 Å². The molecule has 6 atom stereocenters. The highest BCUT2D eigenvalue weighted by Crippen LogP contribution is 2.38. The fraction of sp³-hybridized carbons (Fsp3) is 0.524. The number of hydrogen-bond acceptors (Lipinski definition) is 22. The lowest BCUT2D eigenvalue weighted by Gasteiger charge is -2.20. The van der Waals surface area contributed by atoms with Crippen LogP contribution in [-0.2, 0) is 40.7 Å². The minimum absolute atomic E-state index is 0.165. The van der Waals surface area contributed by atoms with Crippen molar-refractivity contribution < 1.29 is 45.3 Å². The molecule has 8 heterocycles. The second-order valence-electron chi connectivity index (χ2n) is 16.2. The number of methoxy groups -OCH3 is 4. The van der Waals surface area contributed by atoms with Crippen molar-refractivity contribution in [1.82, 2.24) is 69.4 Å². The Hall–Kier alpha value is -5.80. The Labute approximate surface area is 414 Å². The molecule has 376 valence electrons. The number of sulfone groups is 2. The summed E-state index contributed by atoms with van der Waals surface area (Å²) in [7, 11) is -1.69. The number of rotatable bonds is 18. The van der Waals surface area contributed by atoms with Crippen LogP contribution in [0, 0.1) is 0 Å². The molecule has 0 spiro atoms. The number of nitrogens with zero attached hydrogens (tertiary/aromatic N) is 14. The molecule has 0 unspecified atom stereocenters. The van der Waals surface area contributed by atoms with E-state index in [4.69, 9.17) is 51.6 Å². The summed E-state index contributed by atoms with van der Waals surface area (Å²) in [4.78, 5) is 33.4. The van der Waals surface area contributed by atoms with Gasteiger partial charge in [-0.1, -0.05) is 37.0 Å². The van der Waals surface area contributed by atoms with E-state index >= 15 is 0 Å².